The van der Waals surface area contributed by atoms with Gasteiger partial charge in [-0.05, 0) is 58.7 Å². The first-order valence-corrected chi connectivity index (χ1v) is 9.38. The molecule has 1 atom stereocenters. The molecular formula is C18H35IN6. The van der Waals surface area contributed by atoms with E-state index < -0.39 is 0 Å². The van der Waals surface area contributed by atoms with Crippen molar-refractivity contribution in [2.45, 2.75) is 47.1 Å². The summed E-state index contributed by atoms with van der Waals surface area (Å²) >= 11 is 0. The van der Waals surface area contributed by atoms with Crippen LogP contribution in [0.3, 0.4) is 0 Å². The van der Waals surface area contributed by atoms with Crippen molar-refractivity contribution in [1.82, 2.24) is 25.3 Å². The van der Waals surface area contributed by atoms with Gasteiger partial charge in [0.2, 0.25) is 0 Å². The number of likely N-dealkylation sites (tertiary alicyclic amines) is 1. The summed E-state index contributed by atoms with van der Waals surface area (Å²) in [5.74, 6) is 1.65. The second-order valence-corrected chi connectivity index (χ2v) is 6.70. The number of aliphatic imine (C=N–C) groups is 1. The number of hydrogen-bond acceptors (Lipinski definition) is 3. The van der Waals surface area contributed by atoms with E-state index in [1.165, 1.54) is 25.2 Å². The maximum absolute atomic E-state index is 4.78. The Hall–Kier alpha value is -0.830. The lowest BCUT2D eigenvalue weighted by Crippen LogP contribution is -2.38. The quantitative estimate of drug-likeness (QED) is 0.270. The van der Waals surface area contributed by atoms with Crippen molar-refractivity contribution < 1.29 is 0 Å². The van der Waals surface area contributed by atoms with Gasteiger partial charge in [-0.1, -0.05) is 6.92 Å². The minimum atomic E-state index is 0. The number of nitrogens with one attached hydrogen (secondary N) is 2. The molecule has 0 amide bonds. The zero-order chi connectivity index (χ0) is 17.4. The third kappa shape index (κ3) is 7.52. The van der Waals surface area contributed by atoms with Gasteiger partial charge in [-0.25, -0.2) is 0 Å². The molecule has 0 spiro atoms. The van der Waals surface area contributed by atoms with Crippen molar-refractivity contribution in [1.29, 1.82) is 0 Å². The fraction of sp³-hybridized carbons (Fsp3) is 0.778. The van der Waals surface area contributed by atoms with E-state index in [9.17, 15) is 0 Å². The predicted molar refractivity (Wildman–Crippen MR) is 116 cm³/mol. The van der Waals surface area contributed by atoms with Crippen molar-refractivity contribution in [2.24, 2.45) is 10.9 Å². The third-order valence-electron chi connectivity index (χ3n) is 4.61. The maximum Gasteiger partial charge on any atom is 0.191 e. The highest BCUT2D eigenvalue weighted by Gasteiger charge is 2.20. The average Bonchev–Trinajstić information content (AvgIpc) is 3.15. The lowest BCUT2D eigenvalue weighted by molar-refractivity contribution is 0.343. The van der Waals surface area contributed by atoms with Crippen LogP contribution < -0.4 is 10.6 Å². The van der Waals surface area contributed by atoms with Crippen LogP contribution in [0.4, 0.5) is 0 Å². The molecule has 0 bridgehead atoms. The summed E-state index contributed by atoms with van der Waals surface area (Å²) in [6.07, 6.45) is 2.31. The monoisotopic (exact) mass is 462 g/mol. The Kier molecular flexibility index (Phi) is 10.4. The Morgan fingerprint density at radius 3 is 2.72 bits per heavy atom. The Morgan fingerprint density at radius 1 is 1.32 bits per heavy atom. The maximum atomic E-state index is 4.78. The molecule has 1 saturated heterocycles. The highest BCUT2D eigenvalue weighted by atomic mass is 127. The third-order valence-corrected chi connectivity index (χ3v) is 4.61. The van der Waals surface area contributed by atoms with E-state index >= 15 is 0 Å². The Morgan fingerprint density at radius 2 is 2.12 bits per heavy atom. The summed E-state index contributed by atoms with van der Waals surface area (Å²) in [5, 5.41) is 11.3. The van der Waals surface area contributed by atoms with Gasteiger partial charge in [-0.15, -0.1) is 24.0 Å². The van der Waals surface area contributed by atoms with Gasteiger partial charge in [0, 0.05) is 38.4 Å². The molecule has 2 rings (SSSR count). The van der Waals surface area contributed by atoms with E-state index in [2.05, 4.69) is 52.2 Å². The van der Waals surface area contributed by atoms with Gasteiger partial charge in [-0.3, -0.25) is 9.67 Å². The molecule has 25 heavy (non-hydrogen) atoms. The molecule has 1 unspecified atom stereocenters. The van der Waals surface area contributed by atoms with Crippen molar-refractivity contribution in [2.75, 3.05) is 39.3 Å². The first kappa shape index (κ1) is 22.2. The molecule has 144 valence electrons. The normalized spacial score (nSPS) is 18.2. The molecule has 0 radical (unpaired) electrons. The van der Waals surface area contributed by atoms with E-state index in [4.69, 9.17) is 4.99 Å². The van der Waals surface area contributed by atoms with Crippen molar-refractivity contribution in [3.8, 4) is 0 Å². The van der Waals surface area contributed by atoms with Crippen LogP contribution >= 0.6 is 24.0 Å². The van der Waals surface area contributed by atoms with Crippen LogP contribution in [0.1, 0.15) is 38.1 Å². The Balaban J connectivity index is 0.00000312. The summed E-state index contributed by atoms with van der Waals surface area (Å²) in [5.41, 5.74) is 2.32. The first-order chi connectivity index (χ1) is 11.6. The van der Waals surface area contributed by atoms with Crippen molar-refractivity contribution in [3.05, 3.63) is 17.5 Å². The second kappa shape index (κ2) is 11.7. The first-order valence-electron chi connectivity index (χ1n) is 9.38. The topological polar surface area (TPSA) is 57.5 Å². The second-order valence-electron chi connectivity index (χ2n) is 6.70. The fourth-order valence-corrected chi connectivity index (χ4v) is 3.25. The van der Waals surface area contributed by atoms with Gasteiger partial charge in [0.15, 0.2) is 5.96 Å². The zero-order valence-electron chi connectivity index (χ0n) is 16.2. The molecule has 0 aliphatic carbocycles. The fourth-order valence-electron chi connectivity index (χ4n) is 3.25. The molecule has 0 aromatic carbocycles. The highest BCUT2D eigenvalue weighted by Crippen LogP contribution is 2.15. The molecule has 0 saturated carbocycles. The van der Waals surface area contributed by atoms with Crippen LogP contribution in [-0.4, -0.2) is 59.9 Å². The van der Waals surface area contributed by atoms with Gasteiger partial charge in [-0.2, -0.15) is 5.10 Å². The van der Waals surface area contributed by atoms with Crippen LogP contribution in [0.25, 0.3) is 0 Å². The number of halogens is 1. The van der Waals surface area contributed by atoms with Crippen LogP contribution in [-0.2, 0) is 6.54 Å². The molecule has 1 aliphatic rings. The summed E-state index contributed by atoms with van der Waals surface area (Å²) in [7, 11) is 0. The standard InChI is InChI=1S/C18H34N6.HI/c1-5-19-18(21-13-17-8-11-23(6-2)14-17)20-9-7-10-24-16(4)12-15(3)22-24;/h12,17H,5-11,13-14H2,1-4H3,(H2,19,20,21);1H. The summed E-state index contributed by atoms with van der Waals surface area (Å²) in [6.45, 7) is 15.8. The summed E-state index contributed by atoms with van der Waals surface area (Å²) < 4.78 is 2.08. The number of aromatic nitrogens is 2. The lowest BCUT2D eigenvalue weighted by atomic mass is 10.1. The lowest BCUT2D eigenvalue weighted by Gasteiger charge is -2.14. The Labute approximate surface area is 169 Å². The van der Waals surface area contributed by atoms with E-state index in [0.717, 1.165) is 50.8 Å². The van der Waals surface area contributed by atoms with Crippen LogP contribution in [0.2, 0.25) is 0 Å². The minimum Gasteiger partial charge on any atom is -0.357 e. The zero-order valence-corrected chi connectivity index (χ0v) is 18.5. The van der Waals surface area contributed by atoms with E-state index in [-0.39, 0.29) is 24.0 Å². The largest absolute Gasteiger partial charge is 0.357 e. The molecular weight excluding hydrogens is 427 g/mol. The number of guanidine groups is 1. The van der Waals surface area contributed by atoms with Gasteiger partial charge >= 0.3 is 0 Å². The molecule has 1 fully saturated rings. The molecule has 1 aromatic heterocycles. The molecule has 1 aliphatic heterocycles. The Bertz CT molecular complexity index is 528. The minimum absolute atomic E-state index is 0. The average molecular weight is 462 g/mol. The predicted octanol–water partition coefficient (Wildman–Crippen LogP) is 2.40. The van der Waals surface area contributed by atoms with Crippen LogP contribution in [0.15, 0.2) is 11.1 Å². The molecule has 2 heterocycles. The van der Waals surface area contributed by atoms with Gasteiger partial charge in [0.05, 0.1) is 5.69 Å². The molecule has 1 aromatic rings. The van der Waals surface area contributed by atoms with Crippen LogP contribution in [0.5, 0.6) is 0 Å². The number of rotatable bonds is 8. The van der Waals surface area contributed by atoms with E-state index in [0.29, 0.717) is 5.92 Å². The number of nitrogens with zero attached hydrogens (tertiary/aromatic N) is 4. The van der Waals surface area contributed by atoms with Crippen molar-refractivity contribution >= 4 is 29.9 Å². The van der Waals surface area contributed by atoms with E-state index in [1.54, 1.807) is 0 Å². The number of hydrogen-bond donors (Lipinski definition) is 2. The van der Waals surface area contributed by atoms with Gasteiger partial charge < -0.3 is 15.5 Å². The van der Waals surface area contributed by atoms with Gasteiger partial charge in [0.1, 0.15) is 0 Å². The molecule has 6 nitrogen and oxygen atoms in total. The summed E-state index contributed by atoms with van der Waals surface area (Å²) in [6, 6.07) is 2.13. The smallest absolute Gasteiger partial charge is 0.191 e. The molecule has 7 heteroatoms. The van der Waals surface area contributed by atoms with E-state index in [1.807, 2.05) is 6.92 Å². The van der Waals surface area contributed by atoms with Crippen LogP contribution in [0, 0.1) is 19.8 Å². The molecule has 2 N–H and O–H groups in total. The van der Waals surface area contributed by atoms with Gasteiger partial charge in [0.25, 0.3) is 0 Å². The number of aryl methyl sites for hydroxylation is 3. The van der Waals surface area contributed by atoms with Crippen molar-refractivity contribution in [3.63, 3.8) is 0 Å². The highest BCUT2D eigenvalue weighted by molar-refractivity contribution is 14.0. The summed E-state index contributed by atoms with van der Waals surface area (Å²) in [4.78, 5) is 7.28. The SMILES string of the molecule is CCNC(=NCC1CCN(CC)C1)NCCCn1nc(C)cc1C.I.